The molecule has 0 heterocycles. The summed E-state index contributed by atoms with van der Waals surface area (Å²) >= 11 is 6.00. The van der Waals surface area contributed by atoms with E-state index >= 15 is 0 Å². The first-order chi connectivity index (χ1) is 6.65. The van der Waals surface area contributed by atoms with E-state index in [1.54, 1.807) is 24.3 Å². The van der Waals surface area contributed by atoms with Gasteiger partial charge in [-0.1, -0.05) is 41.9 Å². The Labute approximate surface area is 87.6 Å². The van der Waals surface area contributed by atoms with E-state index in [1.807, 2.05) is 6.07 Å². The highest BCUT2D eigenvalue weighted by molar-refractivity contribution is 6.32. The lowest BCUT2D eigenvalue weighted by atomic mass is 10.1. The maximum absolute atomic E-state index is 11.4. The Bertz CT molecular complexity index is 312. The molecule has 0 amide bonds. The van der Waals surface area contributed by atoms with E-state index in [9.17, 15) is 4.79 Å². The van der Waals surface area contributed by atoms with E-state index in [1.165, 1.54) is 14.2 Å². The normalized spacial score (nSPS) is 14.5. The monoisotopic (exact) mass is 214 g/mol. The van der Waals surface area contributed by atoms with Crippen molar-refractivity contribution in [3.63, 3.8) is 0 Å². The Morgan fingerprint density at radius 3 is 2.29 bits per heavy atom. The summed E-state index contributed by atoms with van der Waals surface area (Å²) in [5.41, 5.74) is 0.552. The van der Waals surface area contributed by atoms with Crippen LogP contribution >= 0.6 is 11.6 Å². The number of carbonyl (C=O) groups is 1. The standard InChI is InChI=1S/C10H11ClO3/c1-13-9(12)10(11,14-2)8-6-4-3-5-7-8/h3-7H,1-2H3. The third-order valence-corrected chi connectivity index (χ3v) is 2.40. The summed E-state index contributed by atoms with van der Waals surface area (Å²) in [6.45, 7) is 0. The Balaban J connectivity index is 3.08. The Hall–Kier alpha value is -1.06. The van der Waals surface area contributed by atoms with Crippen molar-refractivity contribution in [3.05, 3.63) is 35.9 Å². The van der Waals surface area contributed by atoms with Crippen molar-refractivity contribution in [2.45, 2.75) is 5.06 Å². The third-order valence-electron chi connectivity index (χ3n) is 1.87. The van der Waals surface area contributed by atoms with Crippen molar-refractivity contribution in [2.24, 2.45) is 0 Å². The number of benzene rings is 1. The van der Waals surface area contributed by atoms with Crippen LogP contribution in [0.2, 0.25) is 0 Å². The molecule has 0 spiro atoms. The van der Waals surface area contributed by atoms with Crippen LogP contribution in [0.15, 0.2) is 30.3 Å². The number of hydrogen-bond acceptors (Lipinski definition) is 3. The van der Waals surface area contributed by atoms with Crippen molar-refractivity contribution in [1.29, 1.82) is 0 Å². The molecule has 0 radical (unpaired) electrons. The van der Waals surface area contributed by atoms with Gasteiger partial charge < -0.3 is 9.47 Å². The van der Waals surface area contributed by atoms with Gasteiger partial charge >= 0.3 is 5.97 Å². The van der Waals surface area contributed by atoms with Gasteiger partial charge in [0.1, 0.15) is 0 Å². The van der Waals surface area contributed by atoms with Crippen LogP contribution in [0.5, 0.6) is 0 Å². The van der Waals surface area contributed by atoms with Crippen LogP contribution in [-0.2, 0) is 19.3 Å². The van der Waals surface area contributed by atoms with Gasteiger partial charge in [-0.2, -0.15) is 0 Å². The summed E-state index contributed by atoms with van der Waals surface area (Å²) in [4.78, 5) is 11.4. The molecule has 0 fully saturated rings. The first-order valence-corrected chi connectivity index (χ1v) is 4.41. The Kier molecular flexibility index (Phi) is 3.49. The highest BCUT2D eigenvalue weighted by Crippen LogP contribution is 2.30. The molecule has 76 valence electrons. The first-order valence-electron chi connectivity index (χ1n) is 4.03. The molecule has 1 rings (SSSR count). The number of halogens is 1. The van der Waals surface area contributed by atoms with E-state index in [2.05, 4.69) is 4.74 Å². The molecule has 0 aromatic heterocycles. The summed E-state index contributed by atoms with van der Waals surface area (Å²) < 4.78 is 9.53. The lowest BCUT2D eigenvalue weighted by molar-refractivity contribution is -0.157. The molecule has 0 aliphatic carbocycles. The molecule has 1 aromatic rings. The summed E-state index contributed by atoms with van der Waals surface area (Å²) in [5, 5.41) is -1.55. The molecule has 0 saturated heterocycles. The molecular weight excluding hydrogens is 204 g/mol. The molecule has 0 aliphatic heterocycles. The fourth-order valence-corrected chi connectivity index (χ4v) is 1.31. The van der Waals surface area contributed by atoms with Crippen molar-refractivity contribution >= 4 is 17.6 Å². The van der Waals surface area contributed by atoms with Crippen LogP contribution in [0.25, 0.3) is 0 Å². The van der Waals surface area contributed by atoms with E-state index in [0.29, 0.717) is 5.56 Å². The molecule has 1 atom stereocenters. The van der Waals surface area contributed by atoms with Crippen LogP contribution in [0, 0.1) is 0 Å². The quantitative estimate of drug-likeness (QED) is 0.570. The minimum atomic E-state index is -1.55. The van der Waals surface area contributed by atoms with E-state index in [4.69, 9.17) is 16.3 Å². The molecule has 1 aromatic carbocycles. The second-order valence-corrected chi connectivity index (χ2v) is 3.19. The summed E-state index contributed by atoms with van der Waals surface area (Å²) in [5.74, 6) is -0.632. The third kappa shape index (κ3) is 1.89. The number of rotatable bonds is 3. The van der Waals surface area contributed by atoms with Crippen LogP contribution < -0.4 is 0 Å². The molecular formula is C10H11ClO3. The maximum Gasteiger partial charge on any atom is 0.359 e. The summed E-state index contributed by atoms with van der Waals surface area (Å²) in [7, 11) is 2.62. The average Bonchev–Trinajstić information content (AvgIpc) is 2.28. The molecule has 0 saturated carbocycles. The molecule has 0 N–H and O–H groups in total. The van der Waals surface area contributed by atoms with Gasteiger partial charge in [0.05, 0.1) is 7.11 Å². The minimum Gasteiger partial charge on any atom is -0.466 e. The van der Waals surface area contributed by atoms with Gasteiger partial charge in [-0.25, -0.2) is 4.79 Å². The number of carbonyl (C=O) groups excluding carboxylic acids is 1. The Morgan fingerprint density at radius 2 is 1.86 bits per heavy atom. The molecule has 3 nitrogen and oxygen atoms in total. The van der Waals surface area contributed by atoms with E-state index in [-0.39, 0.29) is 0 Å². The van der Waals surface area contributed by atoms with Crippen molar-refractivity contribution in [3.8, 4) is 0 Å². The van der Waals surface area contributed by atoms with Crippen molar-refractivity contribution < 1.29 is 14.3 Å². The zero-order chi connectivity index (χ0) is 10.6. The van der Waals surface area contributed by atoms with Gasteiger partial charge in [-0.3, -0.25) is 0 Å². The number of ether oxygens (including phenoxy) is 2. The number of alkyl halides is 1. The maximum atomic E-state index is 11.4. The van der Waals surface area contributed by atoms with Crippen LogP contribution in [0.1, 0.15) is 5.56 Å². The van der Waals surface area contributed by atoms with Gasteiger partial charge in [0.2, 0.25) is 0 Å². The zero-order valence-electron chi connectivity index (χ0n) is 7.99. The van der Waals surface area contributed by atoms with Crippen LogP contribution in [0.4, 0.5) is 0 Å². The minimum absolute atomic E-state index is 0.552. The predicted octanol–water partition coefficient (Wildman–Crippen LogP) is 1.90. The fraction of sp³-hybridized carbons (Fsp3) is 0.300. The van der Waals surface area contributed by atoms with Crippen molar-refractivity contribution in [1.82, 2.24) is 0 Å². The summed E-state index contributed by atoms with van der Waals surface area (Å²) in [6.07, 6.45) is 0. The van der Waals surface area contributed by atoms with Gasteiger partial charge in [-0.15, -0.1) is 0 Å². The number of methoxy groups -OCH3 is 2. The van der Waals surface area contributed by atoms with Crippen LogP contribution in [0.3, 0.4) is 0 Å². The largest absolute Gasteiger partial charge is 0.466 e. The second-order valence-electron chi connectivity index (χ2n) is 2.66. The highest BCUT2D eigenvalue weighted by atomic mass is 35.5. The lowest BCUT2D eigenvalue weighted by Crippen LogP contribution is -2.32. The zero-order valence-corrected chi connectivity index (χ0v) is 8.75. The fourth-order valence-electron chi connectivity index (χ4n) is 1.10. The molecule has 0 bridgehead atoms. The molecule has 1 unspecified atom stereocenters. The molecule has 14 heavy (non-hydrogen) atoms. The first kappa shape index (κ1) is 11.0. The van der Waals surface area contributed by atoms with Gasteiger partial charge in [0.25, 0.3) is 5.06 Å². The number of esters is 1. The SMILES string of the molecule is COC(=O)C(Cl)(OC)c1ccccc1. The van der Waals surface area contributed by atoms with Gasteiger partial charge in [0, 0.05) is 12.7 Å². The van der Waals surface area contributed by atoms with Gasteiger partial charge in [-0.05, 0) is 0 Å². The molecule has 0 aliphatic rings. The molecule has 4 heteroatoms. The van der Waals surface area contributed by atoms with Gasteiger partial charge in [0.15, 0.2) is 0 Å². The summed E-state index contributed by atoms with van der Waals surface area (Å²) in [6, 6.07) is 8.78. The topological polar surface area (TPSA) is 35.5 Å². The smallest absolute Gasteiger partial charge is 0.359 e. The second kappa shape index (κ2) is 4.44. The highest BCUT2D eigenvalue weighted by Gasteiger charge is 2.39. The lowest BCUT2D eigenvalue weighted by Gasteiger charge is -2.22. The predicted molar refractivity (Wildman–Crippen MR) is 53.0 cm³/mol. The Morgan fingerprint density at radius 1 is 1.29 bits per heavy atom. The van der Waals surface area contributed by atoms with Crippen molar-refractivity contribution in [2.75, 3.05) is 14.2 Å². The van der Waals surface area contributed by atoms with E-state index < -0.39 is 11.0 Å². The van der Waals surface area contributed by atoms with Crippen LogP contribution in [-0.4, -0.2) is 20.2 Å². The average molecular weight is 215 g/mol. The van der Waals surface area contributed by atoms with E-state index in [0.717, 1.165) is 0 Å². The number of hydrogen-bond donors (Lipinski definition) is 0.